The standard InChI is InChI=1S/C9H13N7O2S/c1-4-18-6-11-5(10-2)12-7(13-6)19-9-15-14-8(17)16(9)3/h4H2,1-3H3,(H,14,17)(H,10,11,12,13). The van der Waals surface area contributed by atoms with Gasteiger partial charge < -0.3 is 10.1 Å². The van der Waals surface area contributed by atoms with Gasteiger partial charge in [0.2, 0.25) is 11.1 Å². The summed E-state index contributed by atoms with van der Waals surface area (Å²) >= 11 is 1.14. The minimum atomic E-state index is -0.296. The molecule has 2 aromatic heterocycles. The number of H-pyrrole nitrogens is 1. The number of aromatic amines is 1. The minimum Gasteiger partial charge on any atom is -0.464 e. The van der Waals surface area contributed by atoms with Crippen LogP contribution in [0.25, 0.3) is 0 Å². The molecule has 0 atom stereocenters. The second-order valence-electron chi connectivity index (χ2n) is 3.38. The van der Waals surface area contributed by atoms with Crippen molar-refractivity contribution in [1.29, 1.82) is 0 Å². The lowest BCUT2D eigenvalue weighted by atomic mass is 10.8. The minimum absolute atomic E-state index is 0.227. The molecule has 0 saturated heterocycles. The van der Waals surface area contributed by atoms with Crippen molar-refractivity contribution < 1.29 is 4.74 Å². The van der Waals surface area contributed by atoms with E-state index in [1.165, 1.54) is 4.57 Å². The van der Waals surface area contributed by atoms with E-state index in [9.17, 15) is 4.79 Å². The first-order valence-electron chi connectivity index (χ1n) is 5.50. The quantitative estimate of drug-likeness (QED) is 0.781. The van der Waals surface area contributed by atoms with Crippen LogP contribution in [0.1, 0.15) is 6.92 Å². The Labute approximate surface area is 112 Å². The van der Waals surface area contributed by atoms with Crippen LogP contribution in [-0.4, -0.2) is 43.4 Å². The molecule has 0 aliphatic carbocycles. The summed E-state index contributed by atoms with van der Waals surface area (Å²) in [5.74, 6) is 0.390. The van der Waals surface area contributed by atoms with Crippen molar-refractivity contribution in [2.24, 2.45) is 7.05 Å². The van der Waals surface area contributed by atoms with Crippen molar-refractivity contribution in [1.82, 2.24) is 29.7 Å². The summed E-state index contributed by atoms with van der Waals surface area (Å²) in [6.45, 7) is 2.30. The van der Waals surface area contributed by atoms with Gasteiger partial charge in [-0.1, -0.05) is 0 Å². The van der Waals surface area contributed by atoms with Crippen molar-refractivity contribution in [2.75, 3.05) is 19.0 Å². The third-order valence-electron chi connectivity index (χ3n) is 2.11. The van der Waals surface area contributed by atoms with Crippen LogP contribution in [0.4, 0.5) is 5.95 Å². The maximum Gasteiger partial charge on any atom is 0.343 e. The molecule has 2 N–H and O–H groups in total. The number of anilines is 1. The van der Waals surface area contributed by atoms with E-state index < -0.39 is 0 Å². The predicted octanol–water partition coefficient (Wildman–Crippen LogP) is -0.115. The molecule has 0 bridgehead atoms. The van der Waals surface area contributed by atoms with Gasteiger partial charge in [0, 0.05) is 14.1 Å². The van der Waals surface area contributed by atoms with E-state index in [-0.39, 0.29) is 11.7 Å². The molecule has 2 aromatic rings. The number of nitrogens with one attached hydrogen (secondary N) is 2. The molecule has 9 nitrogen and oxygen atoms in total. The molecule has 0 spiro atoms. The summed E-state index contributed by atoms with van der Waals surface area (Å²) in [6, 6.07) is 0.227. The van der Waals surface area contributed by atoms with Crippen molar-refractivity contribution in [3.05, 3.63) is 10.5 Å². The Balaban J connectivity index is 2.31. The lowest BCUT2D eigenvalue weighted by Gasteiger charge is -2.05. The zero-order valence-electron chi connectivity index (χ0n) is 10.7. The molecule has 0 amide bonds. The van der Waals surface area contributed by atoms with Gasteiger partial charge in [-0.15, -0.1) is 5.10 Å². The SMILES string of the molecule is CCOc1nc(NC)nc(Sc2n[nH]c(=O)n2C)n1. The third-order valence-corrected chi connectivity index (χ3v) is 3.03. The Morgan fingerprint density at radius 1 is 1.42 bits per heavy atom. The van der Waals surface area contributed by atoms with Crippen LogP contribution in [0.15, 0.2) is 15.1 Å². The number of ether oxygens (including phenoxy) is 1. The molecule has 0 aliphatic heterocycles. The van der Waals surface area contributed by atoms with Crippen molar-refractivity contribution in [3.63, 3.8) is 0 Å². The molecule has 0 saturated carbocycles. The number of aromatic nitrogens is 6. The number of hydrogen-bond acceptors (Lipinski definition) is 8. The lowest BCUT2D eigenvalue weighted by molar-refractivity contribution is 0.308. The van der Waals surface area contributed by atoms with Crippen molar-refractivity contribution in [3.8, 4) is 6.01 Å². The fourth-order valence-corrected chi connectivity index (χ4v) is 1.92. The normalized spacial score (nSPS) is 10.5. The summed E-state index contributed by atoms with van der Waals surface area (Å²) in [5, 5.41) is 9.88. The summed E-state index contributed by atoms with van der Waals surface area (Å²) in [4.78, 5) is 23.6. The fraction of sp³-hybridized carbons (Fsp3) is 0.444. The fourth-order valence-electron chi connectivity index (χ4n) is 1.19. The number of nitrogens with zero attached hydrogens (tertiary/aromatic N) is 5. The number of hydrogen-bond donors (Lipinski definition) is 2. The maximum absolute atomic E-state index is 11.3. The van der Waals surface area contributed by atoms with Crippen molar-refractivity contribution in [2.45, 2.75) is 17.2 Å². The summed E-state index contributed by atoms with van der Waals surface area (Å²) < 4.78 is 6.62. The first kappa shape index (κ1) is 13.3. The topological polar surface area (TPSA) is 111 Å². The van der Waals surface area contributed by atoms with Gasteiger partial charge in [-0.25, -0.2) is 9.89 Å². The predicted molar refractivity (Wildman–Crippen MR) is 68.5 cm³/mol. The highest BCUT2D eigenvalue weighted by atomic mass is 32.2. The van der Waals surface area contributed by atoms with E-state index in [4.69, 9.17) is 4.74 Å². The second-order valence-corrected chi connectivity index (χ2v) is 4.31. The van der Waals surface area contributed by atoms with E-state index >= 15 is 0 Å². The van der Waals surface area contributed by atoms with Gasteiger partial charge in [-0.05, 0) is 18.7 Å². The molecule has 102 valence electrons. The first-order valence-corrected chi connectivity index (χ1v) is 6.31. The molecule has 0 radical (unpaired) electrons. The van der Waals surface area contributed by atoms with Crippen LogP contribution in [0.5, 0.6) is 6.01 Å². The van der Waals surface area contributed by atoms with Crippen LogP contribution in [0.2, 0.25) is 0 Å². The average molecular weight is 283 g/mol. The van der Waals surface area contributed by atoms with Gasteiger partial charge in [-0.3, -0.25) is 4.57 Å². The third kappa shape index (κ3) is 3.02. The van der Waals surface area contributed by atoms with E-state index in [1.54, 1.807) is 14.1 Å². The molecule has 19 heavy (non-hydrogen) atoms. The Morgan fingerprint density at radius 2 is 2.21 bits per heavy atom. The Hall–Kier alpha value is -2.10. The monoisotopic (exact) mass is 283 g/mol. The van der Waals surface area contributed by atoms with Gasteiger partial charge in [0.15, 0.2) is 5.16 Å². The molecule has 0 fully saturated rings. The summed E-state index contributed by atoms with van der Waals surface area (Å²) in [6.07, 6.45) is 0. The van der Waals surface area contributed by atoms with Gasteiger partial charge in [-0.2, -0.15) is 15.0 Å². The molecule has 10 heteroatoms. The van der Waals surface area contributed by atoms with Crippen LogP contribution in [0, 0.1) is 0 Å². The Morgan fingerprint density at radius 3 is 2.79 bits per heavy atom. The zero-order chi connectivity index (χ0) is 13.8. The van der Waals surface area contributed by atoms with E-state index in [2.05, 4.69) is 30.5 Å². The van der Waals surface area contributed by atoms with E-state index in [1.807, 2.05) is 6.92 Å². The average Bonchev–Trinajstić information content (AvgIpc) is 2.71. The smallest absolute Gasteiger partial charge is 0.343 e. The molecular weight excluding hydrogens is 270 g/mol. The first-order chi connectivity index (χ1) is 9.13. The molecular formula is C9H13N7O2S. The van der Waals surface area contributed by atoms with Crippen LogP contribution in [0.3, 0.4) is 0 Å². The molecule has 0 aliphatic rings. The highest BCUT2D eigenvalue weighted by Gasteiger charge is 2.12. The van der Waals surface area contributed by atoms with Crippen molar-refractivity contribution >= 4 is 17.7 Å². The Kier molecular flexibility index (Phi) is 4.00. The van der Waals surface area contributed by atoms with Gasteiger partial charge in [0.05, 0.1) is 6.61 Å². The zero-order valence-corrected chi connectivity index (χ0v) is 11.5. The van der Waals surface area contributed by atoms with Crippen LogP contribution in [-0.2, 0) is 7.05 Å². The molecule has 2 rings (SSSR count). The number of rotatable bonds is 5. The largest absolute Gasteiger partial charge is 0.464 e. The highest BCUT2D eigenvalue weighted by molar-refractivity contribution is 7.99. The van der Waals surface area contributed by atoms with Gasteiger partial charge >= 0.3 is 11.7 Å². The van der Waals surface area contributed by atoms with Crippen LogP contribution < -0.4 is 15.7 Å². The van der Waals surface area contributed by atoms with Crippen LogP contribution >= 0.6 is 11.8 Å². The maximum atomic E-state index is 11.3. The molecule has 0 unspecified atom stereocenters. The highest BCUT2D eigenvalue weighted by Crippen LogP contribution is 2.23. The lowest BCUT2D eigenvalue weighted by Crippen LogP contribution is -2.13. The Bertz CT molecular complexity index is 623. The van der Waals surface area contributed by atoms with Gasteiger partial charge in [0.25, 0.3) is 0 Å². The van der Waals surface area contributed by atoms with Gasteiger partial charge in [0.1, 0.15) is 0 Å². The summed E-state index contributed by atoms with van der Waals surface area (Å²) in [5.41, 5.74) is -0.296. The summed E-state index contributed by atoms with van der Waals surface area (Å²) in [7, 11) is 3.31. The second kappa shape index (κ2) is 5.69. The molecule has 0 aromatic carbocycles. The van der Waals surface area contributed by atoms with E-state index in [0.717, 1.165) is 11.8 Å². The molecule has 2 heterocycles. The van der Waals surface area contributed by atoms with E-state index in [0.29, 0.717) is 22.9 Å².